The zero-order chi connectivity index (χ0) is 17.8. The molecule has 0 aromatic carbocycles. The quantitative estimate of drug-likeness (QED) is 0.860. The molecule has 134 valence electrons. The van der Waals surface area contributed by atoms with Gasteiger partial charge in [-0.1, -0.05) is 0 Å². The van der Waals surface area contributed by atoms with E-state index in [9.17, 15) is 5.11 Å². The highest BCUT2D eigenvalue weighted by atomic mass is 16.5. The third-order valence-electron chi connectivity index (χ3n) is 4.53. The van der Waals surface area contributed by atoms with Gasteiger partial charge in [0.2, 0.25) is 5.95 Å². The number of β-amino-alcohol motifs (C(OH)–C–C–N with tert-alkyl or cyclic N) is 1. The van der Waals surface area contributed by atoms with Crippen LogP contribution in [0.15, 0.2) is 18.5 Å². The highest BCUT2D eigenvalue weighted by Crippen LogP contribution is 2.24. The van der Waals surface area contributed by atoms with E-state index in [4.69, 9.17) is 4.74 Å². The molecule has 0 amide bonds. The molecule has 0 radical (unpaired) electrons. The number of nitrogens with zero attached hydrogens (tertiary/aromatic N) is 4. The molecule has 25 heavy (non-hydrogen) atoms. The van der Waals surface area contributed by atoms with Gasteiger partial charge in [0.05, 0.1) is 25.5 Å². The van der Waals surface area contributed by atoms with E-state index in [1.54, 1.807) is 13.3 Å². The molecule has 3 heterocycles. The maximum absolute atomic E-state index is 9.84. The van der Waals surface area contributed by atoms with Crippen molar-refractivity contribution < 1.29 is 9.84 Å². The van der Waals surface area contributed by atoms with Gasteiger partial charge in [0.1, 0.15) is 11.6 Å². The van der Waals surface area contributed by atoms with Gasteiger partial charge in [0.25, 0.3) is 0 Å². The van der Waals surface area contributed by atoms with Crippen LogP contribution < -0.4 is 15.0 Å². The third kappa shape index (κ3) is 3.99. The first-order chi connectivity index (χ1) is 12.1. The monoisotopic (exact) mass is 343 g/mol. The summed E-state index contributed by atoms with van der Waals surface area (Å²) < 4.78 is 5.45. The summed E-state index contributed by atoms with van der Waals surface area (Å²) in [4.78, 5) is 15.4. The number of anilines is 2. The smallest absolute Gasteiger partial charge is 0.224 e. The van der Waals surface area contributed by atoms with E-state index in [0.717, 1.165) is 47.8 Å². The SMILES string of the molecule is COc1c(C)cnc(CNc2nccc(N3CCC[C@H](O)C3)n2)c1C. The molecule has 0 unspecified atom stereocenters. The maximum atomic E-state index is 9.84. The Balaban J connectivity index is 1.71. The first-order valence-electron chi connectivity index (χ1n) is 8.57. The lowest BCUT2D eigenvalue weighted by molar-refractivity contribution is 0.154. The molecule has 2 aromatic heterocycles. The van der Waals surface area contributed by atoms with E-state index in [-0.39, 0.29) is 6.10 Å². The molecular weight excluding hydrogens is 318 g/mol. The topological polar surface area (TPSA) is 83.4 Å². The van der Waals surface area contributed by atoms with Crippen molar-refractivity contribution in [2.45, 2.75) is 39.3 Å². The number of rotatable bonds is 5. The highest BCUT2D eigenvalue weighted by molar-refractivity contribution is 5.45. The predicted octanol–water partition coefficient (Wildman–Crippen LogP) is 2.07. The Bertz CT molecular complexity index is 737. The Morgan fingerprint density at radius 1 is 1.36 bits per heavy atom. The fraction of sp³-hybridized carbons (Fsp3) is 0.500. The van der Waals surface area contributed by atoms with Crippen LogP contribution in [0.1, 0.15) is 29.7 Å². The van der Waals surface area contributed by atoms with Crippen LogP contribution in [-0.2, 0) is 6.54 Å². The molecule has 7 heteroatoms. The van der Waals surface area contributed by atoms with Gasteiger partial charge in [0, 0.05) is 36.6 Å². The standard InChI is InChI=1S/C18H25N5O2/c1-12-9-20-15(13(2)17(12)25-3)10-21-18-19-7-6-16(22-18)23-8-4-5-14(24)11-23/h6-7,9,14,24H,4-5,8,10-11H2,1-3H3,(H,19,21,22)/t14-/m0/s1. The van der Waals surface area contributed by atoms with E-state index in [1.807, 2.05) is 26.1 Å². The molecule has 0 saturated carbocycles. The number of hydrogen-bond acceptors (Lipinski definition) is 7. The van der Waals surface area contributed by atoms with E-state index >= 15 is 0 Å². The summed E-state index contributed by atoms with van der Waals surface area (Å²) in [5, 5.41) is 13.1. The number of piperidine rings is 1. The summed E-state index contributed by atoms with van der Waals surface area (Å²) in [6.45, 7) is 6.03. The summed E-state index contributed by atoms with van der Waals surface area (Å²) in [6.07, 6.45) is 5.09. The number of nitrogens with one attached hydrogen (secondary N) is 1. The van der Waals surface area contributed by atoms with Gasteiger partial charge in [-0.2, -0.15) is 4.98 Å². The number of aromatic nitrogens is 3. The molecule has 0 bridgehead atoms. The van der Waals surface area contributed by atoms with Crippen LogP contribution in [0.25, 0.3) is 0 Å². The minimum absolute atomic E-state index is 0.285. The molecule has 7 nitrogen and oxygen atoms in total. The Hall–Kier alpha value is -2.41. The van der Waals surface area contributed by atoms with Gasteiger partial charge >= 0.3 is 0 Å². The van der Waals surface area contributed by atoms with Crippen molar-refractivity contribution >= 4 is 11.8 Å². The van der Waals surface area contributed by atoms with Crippen molar-refractivity contribution in [3.05, 3.63) is 35.3 Å². The molecule has 2 N–H and O–H groups in total. The number of methoxy groups -OCH3 is 1. The lowest BCUT2D eigenvalue weighted by atomic mass is 10.1. The van der Waals surface area contributed by atoms with Crippen LogP contribution in [0.3, 0.4) is 0 Å². The number of ether oxygens (including phenoxy) is 1. The second kappa shape index (κ2) is 7.65. The summed E-state index contributed by atoms with van der Waals surface area (Å²) in [7, 11) is 1.67. The summed E-state index contributed by atoms with van der Waals surface area (Å²) in [6, 6.07) is 1.88. The number of aryl methyl sites for hydroxylation is 1. The van der Waals surface area contributed by atoms with Crippen molar-refractivity contribution in [1.29, 1.82) is 0 Å². The first-order valence-corrected chi connectivity index (χ1v) is 8.57. The fourth-order valence-electron chi connectivity index (χ4n) is 3.19. The molecular formula is C18H25N5O2. The van der Waals surface area contributed by atoms with Crippen molar-refractivity contribution in [3.63, 3.8) is 0 Å². The largest absolute Gasteiger partial charge is 0.496 e. The van der Waals surface area contributed by atoms with Crippen LogP contribution in [0.2, 0.25) is 0 Å². The van der Waals surface area contributed by atoms with Gasteiger partial charge < -0.3 is 20.1 Å². The summed E-state index contributed by atoms with van der Waals surface area (Å²) in [5.41, 5.74) is 2.95. The zero-order valence-electron chi connectivity index (χ0n) is 15.0. The Kier molecular flexibility index (Phi) is 5.33. The number of hydrogen-bond donors (Lipinski definition) is 2. The lowest BCUT2D eigenvalue weighted by Crippen LogP contribution is -2.38. The van der Waals surface area contributed by atoms with Crippen molar-refractivity contribution in [1.82, 2.24) is 15.0 Å². The maximum Gasteiger partial charge on any atom is 0.224 e. The second-order valence-corrected chi connectivity index (χ2v) is 6.38. The van der Waals surface area contributed by atoms with Gasteiger partial charge in [-0.25, -0.2) is 4.98 Å². The molecule has 0 spiro atoms. The lowest BCUT2D eigenvalue weighted by Gasteiger charge is -2.31. The van der Waals surface area contributed by atoms with E-state index in [1.165, 1.54) is 0 Å². The average molecular weight is 343 g/mol. The second-order valence-electron chi connectivity index (χ2n) is 6.38. The van der Waals surface area contributed by atoms with Gasteiger partial charge in [-0.3, -0.25) is 4.98 Å². The van der Waals surface area contributed by atoms with Gasteiger partial charge in [-0.05, 0) is 32.8 Å². The van der Waals surface area contributed by atoms with Crippen LogP contribution in [-0.4, -0.2) is 46.4 Å². The van der Waals surface area contributed by atoms with Crippen molar-refractivity contribution in [2.75, 3.05) is 30.4 Å². The molecule has 1 aliphatic heterocycles. The summed E-state index contributed by atoms with van der Waals surface area (Å²) in [5.74, 6) is 2.25. The molecule has 0 aliphatic carbocycles. The summed E-state index contributed by atoms with van der Waals surface area (Å²) >= 11 is 0. The normalized spacial score (nSPS) is 17.4. The van der Waals surface area contributed by atoms with Gasteiger partial charge in [0.15, 0.2) is 0 Å². The van der Waals surface area contributed by atoms with E-state index in [0.29, 0.717) is 19.0 Å². The molecule has 1 aliphatic rings. The molecule has 3 rings (SSSR count). The highest BCUT2D eigenvalue weighted by Gasteiger charge is 2.19. The van der Waals surface area contributed by atoms with Crippen molar-refractivity contribution in [3.8, 4) is 5.75 Å². The first kappa shape index (κ1) is 17.4. The van der Waals surface area contributed by atoms with E-state index in [2.05, 4.69) is 25.2 Å². The fourth-order valence-corrected chi connectivity index (χ4v) is 3.19. The van der Waals surface area contributed by atoms with Crippen LogP contribution >= 0.6 is 0 Å². The number of aliphatic hydroxyl groups excluding tert-OH is 1. The van der Waals surface area contributed by atoms with Gasteiger partial charge in [-0.15, -0.1) is 0 Å². The Morgan fingerprint density at radius 2 is 2.20 bits per heavy atom. The Morgan fingerprint density at radius 3 is 2.96 bits per heavy atom. The Labute approximate surface area is 148 Å². The molecule has 1 fully saturated rings. The average Bonchev–Trinajstić information content (AvgIpc) is 2.62. The van der Waals surface area contributed by atoms with Crippen LogP contribution in [0.5, 0.6) is 5.75 Å². The minimum atomic E-state index is -0.285. The number of pyridine rings is 1. The predicted molar refractivity (Wildman–Crippen MR) is 97.1 cm³/mol. The molecule has 2 aromatic rings. The minimum Gasteiger partial charge on any atom is -0.496 e. The number of aliphatic hydroxyl groups is 1. The molecule has 1 atom stereocenters. The molecule has 1 saturated heterocycles. The zero-order valence-corrected chi connectivity index (χ0v) is 15.0. The third-order valence-corrected chi connectivity index (χ3v) is 4.53. The van der Waals surface area contributed by atoms with E-state index < -0.39 is 0 Å². The van der Waals surface area contributed by atoms with Crippen molar-refractivity contribution in [2.24, 2.45) is 0 Å². The van der Waals surface area contributed by atoms with Crippen LogP contribution in [0, 0.1) is 13.8 Å². The van der Waals surface area contributed by atoms with Crippen LogP contribution in [0.4, 0.5) is 11.8 Å².